The second-order valence-corrected chi connectivity index (χ2v) is 9.22. The molecule has 0 aromatic rings. The minimum absolute atomic E-state index is 0.339. The molecule has 0 aliphatic rings. The molecule has 0 unspecified atom stereocenters. The Hall–Kier alpha value is -0.0831. The van der Waals surface area contributed by atoms with E-state index < -0.39 is 8.07 Å². The molecule has 0 saturated carbocycles. The SMILES string of the molecule is CC[Si](/C=C\CCCCO)(CC)CC. The van der Waals surface area contributed by atoms with Crippen molar-refractivity contribution in [1.82, 2.24) is 0 Å². The van der Waals surface area contributed by atoms with Crippen LogP contribution in [0.25, 0.3) is 0 Å². The molecule has 0 saturated heterocycles. The standard InChI is InChI=1S/C12H26OSi/c1-4-14(5-2,6-3)12-10-8-7-9-11-13/h10,12-13H,4-9,11H2,1-3H3/b12-10-. The normalized spacial score (nSPS) is 12.6. The number of hydrogen-bond acceptors (Lipinski definition) is 1. The average molecular weight is 214 g/mol. The maximum atomic E-state index is 8.65. The zero-order valence-corrected chi connectivity index (χ0v) is 11.1. The maximum Gasteiger partial charge on any atom is 0.0766 e. The van der Waals surface area contributed by atoms with Crippen molar-refractivity contribution in [2.24, 2.45) is 0 Å². The molecule has 1 N–H and O–H groups in total. The van der Waals surface area contributed by atoms with E-state index in [9.17, 15) is 0 Å². The van der Waals surface area contributed by atoms with Crippen molar-refractivity contribution in [3.8, 4) is 0 Å². The van der Waals surface area contributed by atoms with Crippen LogP contribution in [-0.2, 0) is 0 Å². The Balaban J connectivity index is 3.90. The van der Waals surface area contributed by atoms with Gasteiger partial charge < -0.3 is 5.11 Å². The van der Waals surface area contributed by atoms with Gasteiger partial charge in [-0.05, 0) is 19.3 Å². The molecule has 0 aromatic heterocycles. The summed E-state index contributed by atoms with van der Waals surface area (Å²) in [4.78, 5) is 0. The van der Waals surface area contributed by atoms with Crippen LogP contribution in [-0.4, -0.2) is 19.8 Å². The van der Waals surface area contributed by atoms with Crippen LogP contribution in [0.3, 0.4) is 0 Å². The maximum absolute atomic E-state index is 8.65. The van der Waals surface area contributed by atoms with Crippen molar-refractivity contribution in [2.45, 2.75) is 58.2 Å². The first-order chi connectivity index (χ1) is 6.74. The molecule has 0 spiro atoms. The second-order valence-electron chi connectivity index (χ2n) is 4.04. The quantitative estimate of drug-likeness (QED) is 0.482. The van der Waals surface area contributed by atoms with E-state index in [-0.39, 0.29) is 0 Å². The highest BCUT2D eigenvalue weighted by Crippen LogP contribution is 2.21. The van der Waals surface area contributed by atoms with Crippen LogP contribution in [0.4, 0.5) is 0 Å². The fourth-order valence-corrected chi connectivity index (χ4v) is 4.68. The molecule has 0 bridgehead atoms. The Morgan fingerprint density at radius 3 is 2.00 bits per heavy atom. The van der Waals surface area contributed by atoms with E-state index in [1.807, 2.05) is 0 Å². The molecule has 0 aliphatic carbocycles. The van der Waals surface area contributed by atoms with Gasteiger partial charge in [-0.3, -0.25) is 0 Å². The minimum atomic E-state index is -1.02. The summed E-state index contributed by atoms with van der Waals surface area (Å²) in [5.74, 6) is 0. The highest BCUT2D eigenvalue weighted by atomic mass is 28.3. The Morgan fingerprint density at radius 2 is 1.57 bits per heavy atom. The van der Waals surface area contributed by atoms with E-state index in [1.54, 1.807) is 0 Å². The molecule has 0 radical (unpaired) electrons. The third-order valence-corrected chi connectivity index (χ3v) is 8.53. The summed E-state index contributed by atoms with van der Waals surface area (Å²) in [5, 5.41) is 8.65. The Bertz CT molecular complexity index is 142. The van der Waals surface area contributed by atoms with E-state index in [4.69, 9.17) is 5.11 Å². The molecule has 0 fully saturated rings. The molecule has 14 heavy (non-hydrogen) atoms. The molecular formula is C12H26OSi. The van der Waals surface area contributed by atoms with Gasteiger partial charge in [-0.1, -0.05) is 50.7 Å². The lowest BCUT2D eigenvalue weighted by Crippen LogP contribution is -2.28. The van der Waals surface area contributed by atoms with E-state index in [0.717, 1.165) is 19.3 Å². The molecule has 0 aliphatic heterocycles. The molecule has 0 amide bonds. The van der Waals surface area contributed by atoms with Gasteiger partial charge in [-0.2, -0.15) is 0 Å². The highest BCUT2D eigenvalue weighted by Gasteiger charge is 2.22. The topological polar surface area (TPSA) is 20.2 Å². The lowest BCUT2D eigenvalue weighted by molar-refractivity contribution is 0.285. The van der Waals surface area contributed by atoms with Gasteiger partial charge in [0.15, 0.2) is 0 Å². The van der Waals surface area contributed by atoms with Crippen LogP contribution in [0, 0.1) is 0 Å². The molecule has 0 rings (SSSR count). The number of rotatable bonds is 8. The number of unbranched alkanes of at least 4 members (excludes halogenated alkanes) is 2. The van der Waals surface area contributed by atoms with Gasteiger partial charge in [0.2, 0.25) is 0 Å². The van der Waals surface area contributed by atoms with E-state index in [1.165, 1.54) is 18.1 Å². The largest absolute Gasteiger partial charge is 0.396 e. The van der Waals surface area contributed by atoms with Gasteiger partial charge in [0, 0.05) is 6.61 Å². The summed E-state index contributed by atoms with van der Waals surface area (Å²) in [5.41, 5.74) is 2.53. The van der Waals surface area contributed by atoms with Gasteiger partial charge in [0.1, 0.15) is 0 Å². The molecule has 2 heteroatoms. The highest BCUT2D eigenvalue weighted by molar-refractivity contribution is 6.84. The third-order valence-electron chi connectivity index (χ3n) is 3.36. The second kappa shape index (κ2) is 8.24. The van der Waals surface area contributed by atoms with Crippen molar-refractivity contribution in [3.63, 3.8) is 0 Å². The summed E-state index contributed by atoms with van der Waals surface area (Å²) < 4.78 is 0. The van der Waals surface area contributed by atoms with Crippen LogP contribution in [0.1, 0.15) is 40.0 Å². The van der Waals surface area contributed by atoms with Gasteiger partial charge in [0.25, 0.3) is 0 Å². The summed E-state index contributed by atoms with van der Waals surface area (Å²) >= 11 is 0. The Morgan fingerprint density at radius 1 is 1.00 bits per heavy atom. The lowest BCUT2D eigenvalue weighted by Gasteiger charge is -2.23. The average Bonchev–Trinajstić information content (AvgIpc) is 2.24. The zero-order chi connectivity index (χ0) is 10.9. The van der Waals surface area contributed by atoms with Crippen molar-refractivity contribution in [2.75, 3.05) is 6.61 Å². The fourth-order valence-electron chi connectivity index (χ4n) is 1.81. The van der Waals surface area contributed by atoms with Gasteiger partial charge in [-0.25, -0.2) is 0 Å². The monoisotopic (exact) mass is 214 g/mol. The molecule has 0 heterocycles. The predicted octanol–water partition coefficient (Wildman–Crippen LogP) is 3.75. The van der Waals surface area contributed by atoms with Crippen LogP contribution >= 0.6 is 0 Å². The van der Waals surface area contributed by atoms with Crippen LogP contribution < -0.4 is 0 Å². The minimum Gasteiger partial charge on any atom is -0.396 e. The first-order valence-corrected chi connectivity index (χ1v) is 8.73. The molecule has 1 nitrogen and oxygen atoms in total. The Labute approximate surface area is 90.2 Å². The van der Waals surface area contributed by atoms with Crippen molar-refractivity contribution < 1.29 is 5.11 Å². The first kappa shape index (κ1) is 13.9. The molecule has 0 aromatic carbocycles. The smallest absolute Gasteiger partial charge is 0.0766 e. The summed E-state index contributed by atoms with van der Waals surface area (Å²) in [6.07, 6.45) is 5.59. The number of aliphatic hydroxyl groups is 1. The van der Waals surface area contributed by atoms with Gasteiger partial charge in [0.05, 0.1) is 8.07 Å². The lowest BCUT2D eigenvalue weighted by atomic mass is 10.2. The fraction of sp³-hybridized carbons (Fsp3) is 0.833. The van der Waals surface area contributed by atoms with E-state index in [0.29, 0.717) is 6.61 Å². The zero-order valence-electron chi connectivity index (χ0n) is 10.1. The van der Waals surface area contributed by atoms with E-state index in [2.05, 4.69) is 32.5 Å². The van der Waals surface area contributed by atoms with Crippen LogP contribution in [0.5, 0.6) is 0 Å². The summed E-state index contributed by atoms with van der Waals surface area (Å²) in [6.45, 7) is 7.33. The van der Waals surface area contributed by atoms with Gasteiger partial charge >= 0.3 is 0 Å². The number of hydrogen-bond donors (Lipinski definition) is 1. The van der Waals surface area contributed by atoms with Crippen molar-refractivity contribution in [3.05, 3.63) is 11.8 Å². The molecule has 0 atom stereocenters. The van der Waals surface area contributed by atoms with Crippen LogP contribution in [0.15, 0.2) is 11.8 Å². The first-order valence-electron chi connectivity index (χ1n) is 6.03. The van der Waals surface area contributed by atoms with Crippen molar-refractivity contribution >= 4 is 8.07 Å². The molecule has 84 valence electrons. The molecular weight excluding hydrogens is 188 g/mol. The van der Waals surface area contributed by atoms with Crippen LogP contribution in [0.2, 0.25) is 18.1 Å². The summed E-state index contributed by atoms with van der Waals surface area (Å²) in [7, 11) is -1.02. The summed E-state index contributed by atoms with van der Waals surface area (Å²) in [6, 6.07) is 4.11. The van der Waals surface area contributed by atoms with Gasteiger partial charge in [-0.15, -0.1) is 0 Å². The third kappa shape index (κ3) is 4.96. The van der Waals surface area contributed by atoms with E-state index >= 15 is 0 Å². The number of aliphatic hydroxyl groups excluding tert-OH is 1. The Kier molecular flexibility index (Phi) is 8.19. The number of allylic oxidation sites excluding steroid dienone is 1. The predicted molar refractivity (Wildman–Crippen MR) is 67.3 cm³/mol. The van der Waals surface area contributed by atoms with Crippen molar-refractivity contribution in [1.29, 1.82) is 0 Å².